The van der Waals surface area contributed by atoms with Crippen molar-refractivity contribution in [2.24, 2.45) is 5.92 Å². The molecule has 0 aliphatic carbocycles. The summed E-state index contributed by atoms with van der Waals surface area (Å²) < 4.78 is 0. The lowest BCUT2D eigenvalue weighted by Gasteiger charge is -2.36. The lowest BCUT2D eigenvalue weighted by molar-refractivity contribution is 0.143. The summed E-state index contributed by atoms with van der Waals surface area (Å²) in [4.78, 5) is 2.46. The second kappa shape index (κ2) is 5.86. The van der Waals surface area contributed by atoms with Gasteiger partial charge >= 0.3 is 0 Å². The Morgan fingerprint density at radius 3 is 1.80 bits per heavy atom. The topological polar surface area (TPSA) is 15.3 Å². The van der Waals surface area contributed by atoms with Crippen LogP contribution >= 0.6 is 0 Å². The van der Waals surface area contributed by atoms with Gasteiger partial charge in [-0.05, 0) is 47.6 Å². The Morgan fingerprint density at radius 1 is 1.07 bits per heavy atom. The number of nitrogens with one attached hydrogen (secondary N) is 1. The zero-order valence-electron chi connectivity index (χ0n) is 11.9. The minimum absolute atomic E-state index is 0.213. The molecule has 2 nitrogen and oxygen atoms in total. The summed E-state index contributed by atoms with van der Waals surface area (Å²) in [5.74, 6) is 0.687. The second-order valence-corrected chi connectivity index (χ2v) is 6.20. The van der Waals surface area contributed by atoms with Gasteiger partial charge in [-0.3, -0.25) is 4.90 Å². The van der Waals surface area contributed by atoms with E-state index in [1.807, 2.05) is 0 Å². The number of likely N-dealkylation sites (N-methyl/N-ethyl adjacent to an activating group) is 1. The van der Waals surface area contributed by atoms with Crippen LogP contribution in [0.2, 0.25) is 0 Å². The van der Waals surface area contributed by atoms with Gasteiger partial charge < -0.3 is 5.32 Å². The average Bonchev–Trinajstić information content (AvgIpc) is 2.01. The van der Waals surface area contributed by atoms with Crippen LogP contribution in [0.4, 0.5) is 0 Å². The van der Waals surface area contributed by atoms with E-state index >= 15 is 0 Å². The molecule has 1 N–H and O–H groups in total. The molecule has 15 heavy (non-hydrogen) atoms. The molecule has 0 bridgehead atoms. The van der Waals surface area contributed by atoms with Crippen LogP contribution in [0, 0.1) is 5.92 Å². The van der Waals surface area contributed by atoms with Crippen LogP contribution < -0.4 is 5.32 Å². The Balaban J connectivity index is 4.29. The van der Waals surface area contributed by atoms with Crippen molar-refractivity contribution >= 4 is 0 Å². The molecule has 0 heterocycles. The number of nitrogens with zero attached hydrogens (tertiary/aromatic N) is 1. The smallest absolute Gasteiger partial charge is 0.0243 e. The van der Waals surface area contributed by atoms with Gasteiger partial charge in [-0.1, -0.05) is 13.8 Å². The van der Waals surface area contributed by atoms with Gasteiger partial charge in [-0.2, -0.15) is 0 Å². The summed E-state index contributed by atoms with van der Waals surface area (Å²) in [5.41, 5.74) is 0.213. The normalized spacial score (nSPS) is 15.4. The van der Waals surface area contributed by atoms with Gasteiger partial charge in [0.05, 0.1) is 0 Å². The standard InChI is InChI=1S/C13H30N2/c1-10(2)12(15(8)11(3)4)9-14-13(5,6)7/h10-12,14H,9H2,1-8H3. The van der Waals surface area contributed by atoms with E-state index in [0.29, 0.717) is 18.0 Å². The average molecular weight is 214 g/mol. The molecule has 0 aromatic carbocycles. The highest BCUT2D eigenvalue weighted by Gasteiger charge is 2.22. The molecule has 0 fully saturated rings. The third-order valence-corrected chi connectivity index (χ3v) is 2.95. The molecule has 0 spiro atoms. The van der Waals surface area contributed by atoms with Crippen LogP contribution in [0.5, 0.6) is 0 Å². The molecule has 0 saturated heterocycles. The van der Waals surface area contributed by atoms with E-state index in [0.717, 1.165) is 6.54 Å². The molecule has 0 aromatic rings. The monoisotopic (exact) mass is 214 g/mol. The highest BCUT2D eigenvalue weighted by molar-refractivity contribution is 4.81. The maximum atomic E-state index is 3.60. The largest absolute Gasteiger partial charge is 0.311 e. The van der Waals surface area contributed by atoms with Gasteiger partial charge in [-0.25, -0.2) is 0 Å². The van der Waals surface area contributed by atoms with Crippen molar-refractivity contribution in [3.63, 3.8) is 0 Å². The van der Waals surface area contributed by atoms with Crippen LogP contribution in [0.15, 0.2) is 0 Å². The number of hydrogen-bond donors (Lipinski definition) is 1. The van der Waals surface area contributed by atoms with Crippen molar-refractivity contribution in [2.75, 3.05) is 13.6 Å². The van der Waals surface area contributed by atoms with Crippen LogP contribution in [0.25, 0.3) is 0 Å². The molecule has 0 amide bonds. The first-order valence-electron chi connectivity index (χ1n) is 6.12. The molecular formula is C13H30N2. The lowest BCUT2D eigenvalue weighted by Crippen LogP contribution is -2.50. The Labute approximate surface area is 96.4 Å². The Kier molecular flexibility index (Phi) is 5.82. The van der Waals surface area contributed by atoms with Crippen molar-refractivity contribution in [3.8, 4) is 0 Å². The van der Waals surface area contributed by atoms with E-state index in [2.05, 4.69) is 65.7 Å². The van der Waals surface area contributed by atoms with Gasteiger partial charge in [-0.15, -0.1) is 0 Å². The minimum atomic E-state index is 0.213. The quantitative estimate of drug-likeness (QED) is 0.757. The van der Waals surface area contributed by atoms with Crippen molar-refractivity contribution < 1.29 is 0 Å². The van der Waals surface area contributed by atoms with Crippen molar-refractivity contribution in [1.29, 1.82) is 0 Å². The third kappa shape index (κ3) is 6.16. The Morgan fingerprint density at radius 2 is 1.53 bits per heavy atom. The highest BCUT2D eigenvalue weighted by Crippen LogP contribution is 2.12. The van der Waals surface area contributed by atoms with Gasteiger partial charge in [0.25, 0.3) is 0 Å². The number of rotatable bonds is 5. The predicted molar refractivity (Wildman–Crippen MR) is 69.3 cm³/mol. The maximum absolute atomic E-state index is 3.60. The van der Waals surface area contributed by atoms with E-state index in [-0.39, 0.29) is 5.54 Å². The third-order valence-electron chi connectivity index (χ3n) is 2.95. The van der Waals surface area contributed by atoms with E-state index in [4.69, 9.17) is 0 Å². The van der Waals surface area contributed by atoms with Crippen molar-refractivity contribution in [1.82, 2.24) is 10.2 Å². The fourth-order valence-corrected chi connectivity index (χ4v) is 1.64. The summed E-state index contributed by atoms with van der Waals surface area (Å²) in [6.07, 6.45) is 0. The van der Waals surface area contributed by atoms with Gasteiger partial charge in [0.2, 0.25) is 0 Å². The fraction of sp³-hybridized carbons (Fsp3) is 1.00. The molecule has 1 atom stereocenters. The van der Waals surface area contributed by atoms with Crippen molar-refractivity contribution in [2.45, 2.75) is 66.1 Å². The molecule has 0 aromatic heterocycles. The number of hydrogen-bond acceptors (Lipinski definition) is 2. The van der Waals surface area contributed by atoms with Gasteiger partial charge in [0.15, 0.2) is 0 Å². The van der Waals surface area contributed by atoms with Crippen LogP contribution in [0.3, 0.4) is 0 Å². The second-order valence-electron chi connectivity index (χ2n) is 6.20. The van der Waals surface area contributed by atoms with Crippen LogP contribution in [-0.4, -0.2) is 36.1 Å². The Bertz CT molecular complexity index is 168. The van der Waals surface area contributed by atoms with Crippen LogP contribution in [0.1, 0.15) is 48.5 Å². The molecule has 0 radical (unpaired) electrons. The lowest BCUT2D eigenvalue weighted by atomic mass is 10.00. The summed E-state index contributed by atoms with van der Waals surface area (Å²) >= 11 is 0. The SMILES string of the molecule is CC(C)C(CNC(C)(C)C)N(C)C(C)C. The zero-order chi connectivity index (χ0) is 12.2. The van der Waals surface area contributed by atoms with Crippen molar-refractivity contribution in [3.05, 3.63) is 0 Å². The zero-order valence-corrected chi connectivity index (χ0v) is 11.9. The summed E-state index contributed by atoms with van der Waals surface area (Å²) in [5, 5.41) is 3.60. The maximum Gasteiger partial charge on any atom is 0.0243 e. The molecule has 0 saturated carbocycles. The molecule has 1 unspecified atom stereocenters. The summed E-state index contributed by atoms with van der Waals surface area (Å²) in [6.45, 7) is 16.8. The molecular weight excluding hydrogens is 184 g/mol. The molecule has 92 valence electrons. The first-order chi connectivity index (χ1) is 6.65. The molecule has 0 aliphatic heterocycles. The van der Waals surface area contributed by atoms with E-state index in [1.54, 1.807) is 0 Å². The summed E-state index contributed by atoms with van der Waals surface area (Å²) in [6, 6.07) is 1.23. The fourth-order valence-electron chi connectivity index (χ4n) is 1.64. The first kappa shape index (κ1) is 14.9. The van der Waals surface area contributed by atoms with Gasteiger partial charge in [0.1, 0.15) is 0 Å². The molecule has 0 aliphatic rings. The molecule has 2 heteroatoms. The van der Waals surface area contributed by atoms with E-state index < -0.39 is 0 Å². The Hall–Kier alpha value is -0.0800. The first-order valence-corrected chi connectivity index (χ1v) is 6.12. The predicted octanol–water partition coefficient (Wildman–Crippen LogP) is 2.74. The van der Waals surface area contributed by atoms with E-state index in [9.17, 15) is 0 Å². The van der Waals surface area contributed by atoms with Crippen LogP contribution in [-0.2, 0) is 0 Å². The van der Waals surface area contributed by atoms with Gasteiger partial charge in [0, 0.05) is 24.2 Å². The highest BCUT2D eigenvalue weighted by atomic mass is 15.2. The summed E-state index contributed by atoms with van der Waals surface area (Å²) in [7, 11) is 2.22. The van der Waals surface area contributed by atoms with E-state index in [1.165, 1.54) is 0 Å². The minimum Gasteiger partial charge on any atom is -0.311 e. The molecule has 0 rings (SSSR count).